The predicted molar refractivity (Wildman–Crippen MR) is 164 cm³/mol. The fourth-order valence-electron chi connectivity index (χ4n) is 5.57. The largest absolute Gasteiger partial charge is 0.493 e. The number of amides is 3. The van der Waals surface area contributed by atoms with E-state index in [2.05, 4.69) is 0 Å². The van der Waals surface area contributed by atoms with E-state index in [0.29, 0.717) is 22.6 Å². The third kappa shape index (κ3) is 5.72. The molecule has 2 saturated heterocycles. The number of thioether (sulfide) groups is 1. The zero-order valence-electron chi connectivity index (χ0n) is 24.4. The first-order valence-corrected chi connectivity index (χ1v) is 15.0. The first-order valence-electron chi connectivity index (χ1n) is 14.2. The van der Waals surface area contributed by atoms with E-state index in [4.69, 9.17) is 9.47 Å². The molecule has 3 amide bonds. The summed E-state index contributed by atoms with van der Waals surface area (Å²) in [5.74, 6) is -2.02. The van der Waals surface area contributed by atoms with Gasteiger partial charge in [0.25, 0.3) is 11.1 Å². The van der Waals surface area contributed by atoms with Crippen molar-refractivity contribution < 1.29 is 38.1 Å². The van der Waals surface area contributed by atoms with E-state index in [1.54, 1.807) is 39.8 Å². The van der Waals surface area contributed by atoms with Crippen molar-refractivity contribution in [3.63, 3.8) is 0 Å². The van der Waals surface area contributed by atoms with Gasteiger partial charge in [-0.1, -0.05) is 6.07 Å². The lowest BCUT2D eigenvalue weighted by atomic mass is 10.1. The van der Waals surface area contributed by atoms with Gasteiger partial charge in [-0.3, -0.25) is 24.1 Å². The molecule has 3 fully saturated rings. The second kappa shape index (κ2) is 11.9. The molecule has 234 valence electrons. The van der Waals surface area contributed by atoms with E-state index in [1.165, 1.54) is 25.3 Å². The van der Waals surface area contributed by atoms with Crippen molar-refractivity contribution in [2.24, 2.45) is 0 Å². The Bertz CT molecular complexity index is 1850. The molecular formula is C31H29FN4O8S. The minimum absolute atomic E-state index is 0.00854. The van der Waals surface area contributed by atoms with Gasteiger partial charge < -0.3 is 28.9 Å². The topological polar surface area (TPSA) is 139 Å². The lowest BCUT2D eigenvalue weighted by Gasteiger charge is -2.36. The van der Waals surface area contributed by atoms with Crippen LogP contribution >= 0.6 is 11.8 Å². The molecule has 0 bridgehead atoms. The number of benzene rings is 2. The Kier molecular flexibility index (Phi) is 7.99. The second-order valence-electron chi connectivity index (χ2n) is 10.9. The summed E-state index contributed by atoms with van der Waals surface area (Å²) in [5.41, 5.74) is 0.199. The average molecular weight is 637 g/mol. The van der Waals surface area contributed by atoms with Crippen molar-refractivity contribution in [1.82, 2.24) is 14.4 Å². The van der Waals surface area contributed by atoms with E-state index in [0.717, 1.165) is 35.6 Å². The first-order chi connectivity index (χ1) is 21.6. The number of fused-ring (bicyclic) bond motifs is 1. The summed E-state index contributed by atoms with van der Waals surface area (Å²) in [6.07, 6.45) is 4.55. The monoisotopic (exact) mass is 636 g/mol. The highest BCUT2D eigenvalue weighted by molar-refractivity contribution is 8.18. The van der Waals surface area contributed by atoms with Crippen molar-refractivity contribution in [3.05, 3.63) is 68.6 Å². The number of carbonyl (C=O) groups is 4. The van der Waals surface area contributed by atoms with E-state index in [1.807, 2.05) is 0 Å². The molecule has 3 aliphatic rings. The highest BCUT2D eigenvalue weighted by atomic mass is 32.2. The molecule has 1 N–H and O–H groups in total. The summed E-state index contributed by atoms with van der Waals surface area (Å²) < 4.78 is 27.6. The number of halogens is 1. The standard InChI is InChI=1S/C31H29FN4O8S/c1-43-24-6-3-17(11-25(24)44-2)12-26-29(39)36(31(42)45-26)16-27(37)34-9-7-33(8-10-34)23-14-22-19(13-21(23)32)28(38)20(30(40)41)15-35(22)18-4-5-18/h3,6,11-15,18H,4-5,7-10,16H2,1-2H3,(H,40,41)/b26-12+. The van der Waals surface area contributed by atoms with Crippen molar-refractivity contribution in [2.75, 3.05) is 51.8 Å². The Hall–Kier alpha value is -4.85. The molecule has 12 nitrogen and oxygen atoms in total. The van der Waals surface area contributed by atoms with Gasteiger partial charge in [0.05, 0.1) is 30.3 Å². The minimum Gasteiger partial charge on any atom is -0.493 e. The number of pyridine rings is 1. The van der Waals surface area contributed by atoms with E-state index >= 15 is 4.39 Å². The molecule has 0 unspecified atom stereocenters. The third-order valence-electron chi connectivity index (χ3n) is 8.12. The van der Waals surface area contributed by atoms with E-state index in [9.17, 15) is 29.1 Å². The maximum Gasteiger partial charge on any atom is 0.341 e. The van der Waals surface area contributed by atoms with Crippen molar-refractivity contribution in [2.45, 2.75) is 18.9 Å². The Morgan fingerprint density at radius 2 is 1.73 bits per heavy atom. The number of carboxylic acid groups (broad SMARTS) is 1. The van der Waals surface area contributed by atoms with Crippen LogP contribution in [0.15, 0.2) is 46.2 Å². The number of hydrogen-bond acceptors (Lipinski definition) is 9. The lowest BCUT2D eigenvalue weighted by Crippen LogP contribution is -2.52. The van der Waals surface area contributed by atoms with E-state index < -0.39 is 46.4 Å². The van der Waals surface area contributed by atoms with E-state index in [-0.39, 0.29) is 48.2 Å². The Morgan fingerprint density at radius 3 is 2.38 bits per heavy atom. The van der Waals surface area contributed by atoms with Crippen LogP contribution in [0.5, 0.6) is 11.5 Å². The van der Waals surface area contributed by atoms with Crippen LogP contribution in [0.2, 0.25) is 0 Å². The summed E-state index contributed by atoms with van der Waals surface area (Å²) in [4.78, 5) is 67.6. The molecule has 2 aliphatic heterocycles. The summed E-state index contributed by atoms with van der Waals surface area (Å²) in [5, 5.41) is 8.93. The first kappa shape index (κ1) is 30.2. The number of imide groups is 1. The summed E-state index contributed by atoms with van der Waals surface area (Å²) in [6, 6.07) is 7.78. The molecule has 0 atom stereocenters. The summed E-state index contributed by atoms with van der Waals surface area (Å²) >= 11 is 0.749. The maximum absolute atomic E-state index is 15.3. The molecule has 2 aromatic carbocycles. The van der Waals surface area contributed by atoms with Crippen molar-refractivity contribution in [3.8, 4) is 11.5 Å². The zero-order valence-corrected chi connectivity index (χ0v) is 25.3. The van der Waals surface area contributed by atoms with Crippen molar-refractivity contribution >= 4 is 57.5 Å². The number of aromatic carboxylic acids is 1. The molecule has 0 radical (unpaired) electrons. The summed E-state index contributed by atoms with van der Waals surface area (Å²) in [6.45, 7) is 0.576. The fourth-order valence-corrected chi connectivity index (χ4v) is 6.41. The number of nitrogens with zero attached hydrogens (tertiary/aromatic N) is 4. The molecule has 1 aliphatic carbocycles. The van der Waals surface area contributed by atoms with Crippen LogP contribution in [0.1, 0.15) is 34.8 Å². The van der Waals surface area contributed by atoms with Crippen molar-refractivity contribution in [1.29, 1.82) is 0 Å². The number of rotatable bonds is 8. The Labute approximate surface area is 260 Å². The van der Waals surface area contributed by atoms with Gasteiger partial charge in [0.1, 0.15) is 17.9 Å². The number of anilines is 1. The average Bonchev–Trinajstić information content (AvgIpc) is 3.84. The van der Waals surface area contributed by atoms with Crippen LogP contribution in [0.25, 0.3) is 17.0 Å². The smallest absolute Gasteiger partial charge is 0.341 e. The van der Waals surface area contributed by atoms with Gasteiger partial charge in [-0.2, -0.15) is 0 Å². The van der Waals surface area contributed by atoms with Gasteiger partial charge in [0.15, 0.2) is 11.5 Å². The number of ether oxygens (including phenoxy) is 2. The molecule has 14 heteroatoms. The molecule has 1 saturated carbocycles. The van der Waals surface area contributed by atoms with Gasteiger partial charge in [-0.15, -0.1) is 0 Å². The Balaban J connectivity index is 1.14. The van der Waals surface area contributed by atoms with Crippen LogP contribution in [-0.2, 0) is 9.59 Å². The SMILES string of the molecule is COc1ccc(/C=C2/SC(=O)N(CC(=O)N3CCN(c4cc5c(cc4F)c(=O)c(C(=O)O)cn5C4CC4)CC3)C2=O)cc1OC. The number of hydrogen-bond donors (Lipinski definition) is 1. The number of carbonyl (C=O) groups excluding carboxylic acids is 3. The maximum atomic E-state index is 15.3. The van der Waals surface area contributed by atoms with Gasteiger partial charge in [0, 0.05) is 43.8 Å². The highest BCUT2D eigenvalue weighted by Gasteiger charge is 2.38. The molecule has 6 rings (SSSR count). The normalized spacial score (nSPS) is 17.8. The van der Waals surface area contributed by atoms with Crippen LogP contribution in [-0.4, -0.2) is 89.4 Å². The van der Waals surface area contributed by atoms with Crippen LogP contribution in [0.4, 0.5) is 14.9 Å². The number of aromatic nitrogens is 1. The van der Waals surface area contributed by atoms with Crippen LogP contribution in [0.3, 0.4) is 0 Å². The van der Waals surface area contributed by atoms with Gasteiger partial charge in [-0.05, 0) is 60.5 Å². The molecule has 0 spiro atoms. The minimum atomic E-state index is -1.36. The van der Waals surface area contributed by atoms with Gasteiger partial charge in [-0.25, -0.2) is 9.18 Å². The number of carboxylic acids is 1. The van der Waals surface area contributed by atoms with Crippen LogP contribution < -0.4 is 19.8 Å². The molecule has 1 aromatic heterocycles. The van der Waals surface area contributed by atoms with Gasteiger partial charge >= 0.3 is 5.97 Å². The summed E-state index contributed by atoms with van der Waals surface area (Å²) in [7, 11) is 3.00. The zero-order chi connectivity index (χ0) is 32.0. The number of methoxy groups -OCH3 is 2. The molecule has 45 heavy (non-hydrogen) atoms. The second-order valence-corrected chi connectivity index (χ2v) is 11.9. The molecular weight excluding hydrogens is 607 g/mol. The molecule has 3 aromatic rings. The fraction of sp³-hybridized carbons (Fsp3) is 0.323. The number of piperazine rings is 1. The Morgan fingerprint density at radius 1 is 1.02 bits per heavy atom. The van der Waals surface area contributed by atoms with Crippen LogP contribution in [0, 0.1) is 5.82 Å². The quantitative estimate of drug-likeness (QED) is 0.365. The van der Waals surface area contributed by atoms with Gasteiger partial charge in [0.2, 0.25) is 11.3 Å². The highest BCUT2D eigenvalue weighted by Crippen LogP contribution is 2.38. The predicted octanol–water partition coefficient (Wildman–Crippen LogP) is 3.58. The molecule has 3 heterocycles. The third-order valence-corrected chi connectivity index (χ3v) is 9.02. The lowest BCUT2D eigenvalue weighted by molar-refractivity contribution is -0.136.